The molecule has 0 bridgehead atoms. The lowest BCUT2D eigenvalue weighted by Crippen LogP contribution is -2.28. The SMILES string of the molecule is C[C@H](NC(=O)c1ccccc1NC(=O)C1CC1)c1ccccc1. The van der Waals surface area contributed by atoms with Gasteiger partial charge in [0.25, 0.3) is 5.91 Å². The smallest absolute Gasteiger partial charge is 0.253 e. The topological polar surface area (TPSA) is 58.2 Å². The summed E-state index contributed by atoms with van der Waals surface area (Å²) in [5.74, 6) is -0.0798. The number of hydrogen-bond acceptors (Lipinski definition) is 2. The van der Waals surface area contributed by atoms with Gasteiger partial charge in [0.15, 0.2) is 0 Å². The summed E-state index contributed by atoms with van der Waals surface area (Å²) in [5.41, 5.74) is 2.10. The fourth-order valence-electron chi connectivity index (χ4n) is 2.47. The number of carbonyl (C=O) groups is 2. The molecule has 23 heavy (non-hydrogen) atoms. The zero-order valence-electron chi connectivity index (χ0n) is 13.1. The maximum absolute atomic E-state index is 12.6. The van der Waals surface area contributed by atoms with Crippen molar-refractivity contribution in [1.29, 1.82) is 0 Å². The number of para-hydroxylation sites is 1. The lowest BCUT2D eigenvalue weighted by Gasteiger charge is -2.16. The Hall–Kier alpha value is -2.62. The molecule has 0 heterocycles. The van der Waals surface area contributed by atoms with Crippen molar-refractivity contribution in [2.24, 2.45) is 5.92 Å². The highest BCUT2D eigenvalue weighted by atomic mass is 16.2. The summed E-state index contributed by atoms with van der Waals surface area (Å²) in [5, 5.41) is 5.85. The number of nitrogens with one attached hydrogen (secondary N) is 2. The molecule has 0 aromatic heterocycles. The number of carbonyl (C=O) groups excluding carboxylic acids is 2. The fourth-order valence-corrected chi connectivity index (χ4v) is 2.47. The number of anilines is 1. The summed E-state index contributed by atoms with van der Waals surface area (Å²) in [6.45, 7) is 1.94. The molecule has 1 atom stereocenters. The molecule has 118 valence electrons. The lowest BCUT2D eigenvalue weighted by molar-refractivity contribution is -0.117. The van der Waals surface area contributed by atoms with Gasteiger partial charge in [-0.2, -0.15) is 0 Å². The minimum absolute atomic E-state index is 0.00126. The highest BCUT2D eigenvalue weighted by Gasteiger charge is 2.30. The number of rotatable bonds is 5. The van der Waals surface area contributed by atoms with Gasteiger partial charge in [-0.05, 0) is 37.5 Å². The van der Waals surface area contributed by atoms with E-state index in [1.54, 1.807) is 18.2 Å². The van der Waals surface area contributed by atoms with Gasteiger partial charge in [-0.3, -0.25) is 9.59 Å². The van der Waals surface area contributed by atoms with Crippen LogP contribution in [0.2, 0.25) is 0 Å². The first-order chi connectivity index (χ1) is 11.1. The molecule has 0 radical (unpaired) electrons. The molecule has 0 spiro atoms. The third-order valence-electron chi connectivity index (χ3n) is 4.02. The first-order valence-corrected chi connectivity index (χ1v) is 7.91. The Morgan fingerprint density at radius 1 is 1.00 bits per heavy atom. The zero-order chi connectivity index (χ0) is 16.2. The van der Waals surface area contributed by atoms with Gasteiger partial charge in [-0.15, -0.1) is 0 Å². The van der Waals surface area contributed by atoms with Gasteiger partial charge in [0.2, 0.25) is 5.91 Å². The summed E-state index contributed by atoms with van der Waals surface area (Å²) in [4.78, 5) is 24.5. The van der Waals surface area contributed by atoms with Crippen LogP contribution in [0.1, 0.15) is 41.7 Å². The Labute approximate surface area is 135 Å². The van der Waals surface area contributed by atoms with E-state index in [0.717, 1.165) is 18.4 Å². The molecular weight excluding hydrogens is 288 g/mol. The second-order valence-corrected chi connectivity index (χ2v) is 5.91. The molecule has 2 aromatic rings. The first-order valence-electron chi connectivity index (χ1n) is 7.91. The zero-order valence-corrected chi connectivity index (χ0v) is 13.1. The molecule has 0 saturated heterocycles. The maximum Gasteiger partial charge on any atom is 0.253 e. The van der Waals surface area contributed by atoms with Crippen molar-refractivity contribution in [3.05, 3.63) is 65.7 Å². The maximum atomic E-state index is 12.6. The van der Waals surface area contributed by atoms with E-state index in [0.29, 0.717) is 11.3 Å². The summed E-state index contributed by atoms with van der Waals surface area (Å²) in [7, 11) is 0. The molecule has 4 nitrogen and oxygen atoms in total. The third-order valence-corrected chi connectivity index (χ3v) is 4.02. The molecule has 4 heteroatoms. The van der Waals surface area contributed by atoms with Crippen LogP contribution in [0.3, 0.4) is 0 Å². The molecule has 0 aliphatic heterocycles. The Balaban J connectivity index is 1.73. The van der Waals surface area contributed by atoms with Crippen molar-refractivity contribution >= 4 is 17.5 Å². The number of hydrogen-bond donors (Lipinski definition) is 2. The Morgan fingerprint density at radius 3 is 2.35 bits per heavy atom. The molecule has 1 saturated carbocycles. The van der Waals surface area contributed by atoms with E-state index in [1.165, 1.54) is 0 Å². The van der Waals surface area contributed by atoms with Crippen LogP contribution >= 0.6 is 0 Å². The number of benzene rings is 2. The van der Waals surface area contributed by atoms with E-state index < -0.39 is 0 Å². The van der Waals surface area contributed by atoms with Crippen LogP contribution in [-0.2, 0) is 4.79 Å². The van der Waals surface area contributed by atoms with Crippen molar-refractivity contribution in [2.45, 2.75) is 25.8 Å². The predicted molar refractivity (Wildman–Crippen MR) is 90.1 cm³/mol. The Morgan fingerprint density at radius 2 is 1.65 bits per heavy atom. The van der Waals surface area contributed by atoms with Crippen molar-refractivity contribution < 1.29 is 9.59 Å². The van der Waals surface area contributed by atoms with Crippen LogP contribution in [0.4, 0.5) is 5.69 Å². The minimum Gasteiger partial charge on any atom is -0.345 e. The van der Waals surface area contributed by atoms with E-state index in [4.69, 9.17) is 0 Å². The Bertz CT molecular complexity index is 708. The molecule has 3 rings (SSSR count). The largest absolute Gasteiger partial charge is 0.345 e. The first kappa shape index (κ1) is 15.3. The predicted octanol–water partition coefficient (Wildman–Crippen LogP) is 3.53. The summed E-state index contributed by atoms with van der Waals surface area (Å²) >= 11 is 0. The average Bonchev–Trinajstić information content (AvgIpc) is 3.41. The van der Waals surface area contributed by atoms with Crippen molar-refractivity contribution in [1.82, 2.24) is 5.32 Å². The third kappa shape index (κ3) is 3.77. The van der Waals surface area contributed by atoms with Gasteiger partial charge < -0.3 is 10.6 Å². The monoisotopic (exact) mass is 308 g/mol. The van der Waals surface area contributed by atoms with Crippen LogP contribution in [-0.4, -0.2) is 11.8 Å². The van der Waals surface area contributed by atoms with Crippen molar-refractivity contribution in [2.75, 3.05) is 5.32 Å². The van der Waals surface area contributed by atoms with Crippen molar-refractivity contribution in [3.63, 3.8) is 0 Å². The van der Waals surface area contributed by atoms with E-state index >= 15 is 0 Å². The van der Waals surface area contributed by atoms with E-state index in [2.05, 4.69) is 10.6 Å². The summed E-state index contributed by atoms with van der Waals surface area (Å²) < 4.78 is 0. The van der Waals surface area contributed by atoms with E-state index in [-0.39, 0.29) is 23.8 Å². The Kier molecular flexibility index (Phi) is 4.42. The highest BCUT2D eigenvalue weighted by molar-refractivity contribution is 6.04. The minimum atomic E-state index is -0.187. The van der Waals surface area contributed by atoms with E-state index in [9.17, 15) is 9.59 Å². The molecule has 1 aliphatic rings. The molecule has 1 aliphatic carbocycles. The molecule has 2 N–H and O–H groups in total. The molecule has 1 fully saturated rings. The summed E-state index contributed by atoms with van der Waals surface area (Å²) in [6.07, 6.45) is 1.87. The highest BCUT2D eigenvalue weighted by Crippen LogP contribution is 2.30. The second kappa shape index (κ2) is 6.65. The van der Waals surface area contributed by atoms with Crippen LogP contribution in [0.25, 0.3) is 0 Å². The fraction of sp³-hybridized carbons (Fsp3) is 0.263. The molecule has 2 amide bonds. The van der Waals surface area contributed by atoms with Crippen molar-refractivity contribution in [3.8, 4) is 0 Å². The standard InChI is InChI=1S/C19H20N2O2/c1-13(14-7-3-2-4-8-14)20-19(23)16-9-5-6-10-17(16)21-18(22)15-11-12-15/h2-10,13,15H,11-12H2,1H3,(H,20,23)(H,21,22)/t13-/m0/s1. The summed E-state index contributed by atoms with van der Waals surface area (Å²) in [6, 6.07) is 16.8. The van der Waals surface area contributed by atoms with Gasteiger partial charge in [0.1, 0.15) is 0 Å². The molecular formula is C19H20N2O2. The quantitative estimate of drug-likeness (QED) is 0.888. The van der Waals surface area contributed by atoms with Crippen LogP contribution in [0.15, 0.2) is 54.6 Å². The van der Waals surface area contributed by atoms with Gasteiger partial charge in [0, 0.05) is 5.92 Å². The van der Waals surface area contributed by atoms with Crippen LogP contribution in [0.5, 0.6) is 0 Å². The van der Waals surface area contributed by atoms with Gasteiger partial charge in [-0.1, -0.05) is 42.5 Å². The van der Waals surface area contributed by atoms with Gasteiger partial charge in [0.05, 0.1) is 17.3 Å². The molecule has 2 aromatic carbocycles. The van der Waals surface area contributed by atoms with Crippen LogP contribution in [0, 0.1) is 5.92 Å². The number of amides is 2. The normalized spacial score (nSPS) is 14.8. The van der Waals surface area contributed by atoms with Gasteiger partial charge in [-0.25, -0.2) is 0 Å². The average molecular weight is 308 g/mol. The van der Waals surface area contributed by atoms with E-state index in [1.807, 2.05) is 43.3 Å². The van der Waals surface area contributed by atoms with Crippen LogP contribution < -0.4 is 10.6 Å². The lowest BCUT2D eigenvalue weighted by atomic mass is 10.1. The molecule has 0 unspecified atom stereocenters. The second-order valence-electron chi connectivity index (χ2n) is 5.91. The van der Waals surface area contributed by atoms with Gasteiger partial charge >= 0.3 is 0 Å².